The Labute approximate surface area is 108 Å². The topological polar surface area (TPSA) is 20.3 Å². The number of nitrogens with zero attached hydrogens (tertiary/aromatic N) is 1. The summed E-state index contributed by atoms with van der Waals surface area (Å²) in [5, 5.41) is 0. The predicted octanol–water partition coefficient (Wildman–Crippen LogP) is 3.49. The first-order valence-electron chi connectivity index (χ1n) is 6.89. The molecule has 18 heavy (non-hydrogen) atoms. The molecular weight excluding hydrogens is 222 g/mol. The minimum absolute atomic E-state index is 0.295. The van der Waals surface area contributed by atoms with Gasteiger partial charge >= 0.3 is 0 Å². The normalized spacial score (nSPS) is 23.6. The maximum Gasteiger partial charge on any atom is 0.227 e. The van der Waals surface area contributed by atoms with Gasteiger partial charge in [-0.2, -0.15) is 0 Å². The highest BCUT2D eigenvalue weighted by atomic mass is 16.2. The van der Waals surface area contributed by atoms with Gasteiger partial charge in [-0.3, -0.25) is 4.79 Å². The van der Waals surface area contributed by atoms with Crippen LogP contribution in [0.15, 0.2) is 42.1 Å². The third kappa shape index (κ3) is 2.20. The molecule has 1 aliphatic heterocycles. The van der Waals surface area contributed by atoms with Crippen LogP contribution >= 0.6 is 0 Å². The number of amides is 1. The number of fused-ring (bicyclic) bond motifs is 1. The maximum absolute atomic E-state index is 12.1. The first-order chi connectivity index (χ1) is 8.84. The first-order valence-corrected chi connectivity index (χ1v) is 6.89. The fraction of sp³-hybridized carbons (Fsp3) is 0.438. The molecule has 2 aliphatic rings. The molecule has 0 saturated carbocycles. The summed E-state index contributed by atoms with van der Waals surface area (Å²) < 4.78 is 0. The highest BCUT2D eigenvalue weighted by Crippen LogP contribution is 2.36. The van der Waals surface area contributed by atoms with E-state index in [1.807, 2.05) is 23.1 Å². The lowest BCUT2D eigenvalue weighted by atomic mass is 9.84. The fourth-order valence-electron chi connectivity index (χ4n) is 3.07. The number of carbonyl (C=O) groups excluding carboxylic acids is 1. The van der Waals surface area contributed by atoms with Crippen molar-refractivity contribution in [1.82, 2.24) is 4.90 Å². The monoisotopic (exact) mass is 241 g/mol. The van der Waals surface area contributed by atoms with Gasteiger partial charge in [-0.15, -0.1) is 0 Å². The Morgan fingerprint density at radius 2 is 2.00 bits per heavy atom. The van der Waals surface area contributed by atoms with Gasteiger partial charge in [0.2, 0.25) is 5.91 Å². The van der Waals surface area contributed by atoms with Crippen LogP contribution in [-0.4, -0.2) is 10.8 Å². The molecule has 2 nitrogen and oxygen atoms in total. The highest BCUT2D eigenvalue weighted by Gasteiger charge is 2.31. The van der Waals surface area contributed by atoms with Crippen molar-refractivity contribution >= 4 is 5.91 Å². The van der Waals surface area contributed by atoms with Gasteiger partial charge in [0, 0.05) is 12.1 Å². The molecule has 0 aromatic heterocycles. The molecule has 1 aliphatic carbocycles. The van der Waals surface area contributed by atoms with Crippen LogP contribution in [0.4, 0.5) is 0 Å². The molecule has 1 unspecified atom stereocenters. The van der Waals surface area contributed by atoms with Gasteiger partial charge in [-0.05, 0) is 37.2 Å². The molecule has 1 aromatic rings. The minimum Gasteiger partial charge on any atom is -0.312 e. The zero-order valence-electron chi connectivity index (χ0n) is 10.6. The van der Waals surface area contributed by atoms with Crippen molar-refractivity contribution in [3.05, 3.63) is 47.7 Å². The molecule has 0 bridgehead atoms. The van der Waals surface area contributed by atoms with Gasteiger partial charge in [0.1, 0.15) is 0 Å². The van der Waals surface area contributed by atoms with E-state index in [-0.39, 0.29) is 0 Å². The van der Waals surface area contributed by atoms with Crippen LogP contribution in [0.1, 0.15) is 37.7 Å². The van der Waals surface area contributed by atoms with E-state index >= 15 is 0 Å². The van der Waals surface area contributed by atoms with Gasteiger partial charge in [-0.1, -0.05) is 36.4 Å². The number of benzene rings is 1. The predicted molar refractivity (Wildman–Crippen MR) is 71.7 cm³/mol. The largest absolute Gasteiger partial charge is 0.312 e. The number of allylic oxidation sites excluding steroid dienone is 2. The summed E-state index contributed by atoms with van der Waals surface area (Å²) in [4.78, 5) is 14.2. The molecule has 94 valence electrons. The SMILES string of the molecule is O=C1CCC2CCCC=C2N1Cc1ccccc1. The standard InChI is InChI=1S/C16H19NO/c18-16-11-10-14-8-4-5-9-15(14)17(16)12-13-6-2-1-3-7-13/h1-3,6-7,9,14H,4-5,8,10-12H2. The Hall–Kier alpha value is -1.57. The van der Waals surface area contributed by atoms with Crippen molar-refractivity contribution in [3.63, 3.8) is 0 Å². The average molecular weight is 241 g/mol. The van der Waals surface area contributed by atoms with Crippen LogP contribution in [-0.2, 0) is 11.3 Å². The van der Waals surface area contributed by atoms with Crippen LogP contribution in [0.25, 0.3) is 0 Å². The third-order valence-electron chi connectivity index (χ3n) is 4.03. The summed E-state index contributed by atoms with van der Waals surface area (Å²) in [5.41, 5.74) is 2.51. The second kappa shape index (κ2) is 4.97. The van der Waals surface area contributed by atoms with Gasteiger partial charge in [0.15, 0.2) is 0 Å². The van der Waals surface area contributed by atoms with E-state index in [4.69, 9.17) is 0 Å². The molecule has 0 N–H and O–H groups in total. The maximum atomic E-state index is 12.1. The lowest BCUT2D eigenvalue weighted by Gasteiger charge is -2.37. The van der Waals surface area contributed by atoms with Crippen LogP contribution in [0.5, 0.6) is 0 Å². The van der Waals surface area contributed by atoms with Crippen LogP contribution in [0.2, 0.25) is 0 Å². The quantitative estimate of drug-likeness (QED) is 0.776. The molecule has 1 heterocycles. The van der Waals surface area contributed by atoms with E-state index in [1.165, 1.54) is 24.1 Å². The summed E-state index contributed by atoms with van der Waals surface area (Å²) >= 11 is 0. The molecular formula is C16H19NO. The number of carbonyl (C=O) groups is 1. The Balaban J connectivity index is 1.84. The number of piperidine rings is 1. The van der Waals surface area contributed by atoms with Crippen molar-refractivity contribution in [2.45, 2.75) is 38.6 Å². The summed E-state index contributed by atoms with van der Waals surface area (Å²) in [6.45, 7) is 0.738. The highest BCUT2D eigenvalue weighted by molar-refractivity contribution is 5.79. The van der Waals surface area contributed by atoms with Crippen molar-refractivity contribution in [3.8, 4) is 0 Å². The van der Waals surface area contributed by atoms with E-state index in [0.29, 0.717) is 11.8 Å². The molecule has 3 rings (SSSR count). The fourth-order valence-corrected chi connectivity index (χ4v) is 3.07. The van der Waals surface area contributed by atoms with Gasteiger partial charge in [0.05, 0.1) is 6.54 Å². The second-order valence-electron chi connectivity index (χ2n) is 5.26. The van der Waals surface area contributed by atoms with Crippen LogP contribution < -0.4 is 0 Å². The van der Waals surface area contributed by atoms with Crippen molar-refractivity contribution < 1.29 is 4.79 Å². The Morgan fingerprint density at radius 1 is 1.17 bits per heavy atom. The van der Waals surface area contributed by atoms with E-state index in [1.54, 1.807) is 0 Å². The van der Waals surface area contributed by atoms with Gasteiger partial charge in [0.25, 0.3) is 0 Å². The van der Waals surface area contributed by atoms with Crippen LogP contribution in [0.3, 0.4) is 0 Å². The molecule has 1 fully saturated rings. The van der Waals surface area contributed by atoms with E-state index in [2.05, 4.69) is 18.2 Å². The Morgan fingerprint density at radius 3 is 2.83 bits per heavy atom. The van der Waals surface area contributed by atoms with E-state index < -0.39 is 0 Å². The van der Waals surface area contributed by atoms with Gasteiger partial charge in [-0.25, -0.2) is 0 Å². The first kappa shape index (κ1) is 11.5. The number of rotatable bonds is 2. The van der Waals surface area contributed by atoms with E-state index in [9.17, 15) is 4.79 Å². The third-order valence-corrected chi connectivity index (χ3v) is 4.03. The Kier molecular flexibility index (Phi) is 3.18. The molecule has 1 aromatic carbocycles. The average Bonchev–Trinajstić information content (AvgIpc) is 2.43. The molecule has 0 spiro atoms. The lowest BCUT2D eigenvalue weighted by Crippen LogP contribution is -2.38. The summed E-state index contributed by atoms with van der Waals surface area (Å²) in [6, 6.07) is 10.3. The smallest absolute Gasteiger partial charge is 0.227 e. The van der Waals surface area contributed by atoms with Crippen molar-refractivity contribution in [2.24, 2.45) is 5.92 Å². The molecule has 2 heteroatoms. The van der Waals surface area contributed by atoms with Crippen molar-refractivity contribution in [1.29, 1.82) is 0 Å². The molecule has 1 atom stereocenters. The zero-order valence-corrected chi connectivity index (χ0v) is 10.6. The number of likely N-dealkylation sites (tertiary alicyclic amines) is 1. The van der Waals surface area contributed by atoms with Crippen LogP contribution in [0, 0.1) is 5.92 Å². The molecule has 1 amide bonds. The number of hydrogen-bond acceptors (Lipinski definition) is 1. The number of hydrogen-bond donors (Lipinski definition) is 0. The lowest BCUT2D eigenvalue weighted by molar-refractivity contribution is -0.132. The zero-order chi connectivity index (χ0) is 12.4. The Bertz CT molecular complexity index is 463. The summed E-state index contributed by atoms with van der Waals surface area (Å²) in [6.07, 6.45) is 7.72. The summed E-state index contributed by atoms with van der Waals surface area (Å²) in [5.74, 6) is 0.920. The molecule has 0 radical (unpaired) electrons. The minimum atomic E-state index is 0.295. The second-order valence-corrected chi connectivity index (χ2v) is 5.26. The molecule has 1 saturated heterocycles. The van der Waals surface area contributed by atoms with Crippen molar-refractivity contribution in [2.75, 3.05) is 0 Å². The van der Waals surface area contributed by atoms with Gasteiger partial charge < -0.3 is 4.90 Å². The van der Waals surface area contributed by atoms with E-state index in [0.717, 1.165) is 25.8 Å². The summed E-state index contributed by atoms with van der Waals surface area (Å²) in [7, 11) is 0.